The van der Waals surface area contributed by atoms with Crippen LogP contribution in [0.1, 0.15) is 40.5 Å². The molecule has 0 aromatic heterocycles. The Bertz CT molecular complexity index is 517. The fourth-order valence-electron chi connectivity index (χ4n) is 3.00. The number of hydrogen-bond acceptors (Lipinski definition) is 6. The number of rotatable bonds is 4. The van der Waals surface area contributed by atoms with Crippen molar-refractivity contribution in [3.63, 3.8) is 0 Å². The Morgan fingerprint density at radius 2 is 1.91 bits per heavy atom. The zero-order valence-corrected chi connectivity index (χ0v) is 14.1. The molecule has 128 valence electrons. The smallest absolute Gasteiger partial charge is 0.305 e. The molecule has 0 spiro atoms. The minimum Gasteiger partial charge on any atom is -0.421 e. The average molecular weight is 324 g/mol. The van der Waals surface area contributed by atoms with Crippen molar-refractivity contribution in [1.29, 1.82) is 0 Å². The van der Waals surface area contributed by atoms with Gasteiger partial charge in [-0.25, -0.2) is 0 Å². The summed E-state index contributed by atoms with van der Waals surface area (Å²) in [7, 11) is 0. The van der Waals surface area contributed by atoms with Crippen LogP contribution in [0.4, 0.5) is 0 Å². The minimum absolute atomic E-state index is 0.0814. The van der Waals surface area contributed by atoms with Gasteiger partial charge in [0.1, 0.15) is 0 Å². The highest BCUT2D eigenvalue weighted by molar-refractivity contribution is 5.68. The Morgan fingerprint density at radius 1 is 1.30 bits per heavy atom. The molecule has 0 bridgehead atoms. The number of carbonyl (C=O) groups excluding carboxylic acids is 2. The summed E-state index contributed by atoms with van der Waals surface area (Å²) in [6.45, 7) is 10.8. The van der Waals surface area contributed by atoms with Gasteiger partial charge in [-0.2, -0.15) is 0 Å². The van der Waals surface area contributed by atoms with Crippen LogP contribution in [0.2, 0.25) is 0 Å². The number of hydrogen-bond donors (Lipinski definition) is 0. The van der Waals surface area contributed by atoms with E-state index in [0.717, 1.165) is 24.0 Å². The third-order valence-corrected chi connectivity index (χ3v) is 3.92. The van der Waals surface area contributed by atoms with Crippen LogP contribution in [0.25, 0.3) is 0 Å². The molecule has 1 heterocycles. The Balaban J connectivity index is 2.19. The Labute approximate surface area is 136 Å². The number of esters is 2. The summed E-state index contributed by atoms with van der Waals surface area (Å²) in [5.74, 6) is -1.56. The Kier molecular flexibility index (Phi) is 5.26. The van der Waals surface area contributed by atoms with Crippen LogP contribution in [0.3, 0.4) is 0 Å². The van der Waals surface area contributed by atoms with E-state index in [4.69, 9.17) is 18.9 Å². The first-order chi connectivity index (χ1) is 10.7. The highest BCUT2D eigenvalue weighted by Gasteiger charge is 2.41. The van der Waals surface area contributed by atoms with E-state index < -0.39 is 24.0 Å². The molecule has 0 aromatic rings. The van der Waals surface area contributed by atoms with Crippen LogP contribution in [0.5, 0.6) is 0 Å². The summed E-state index contributed by atoms with van der Waals surface area (Å²) in [5.41, 5.74) is 1.84. The number of allylic oxidation sites excluding steroid dienone is 1. The highest BCUT2D eigenvalue weighted by Crippen LogP contribution is 2.42. The van der Waals surface area contributed by atoms with E-state index in [9.17, 15) is 9.59 Å². The maximum absolute atomic E-state index is 11.2. The highest BCUT2D eigenvalue weighted by atomic mass is 16.7. The average Bonchev–Trinajstić information content (AvgIpc) is 2.92. The van der Waals surface area contributed by atoms with E-state index in [1.54, 1.807) is 6.08 Å². The predicted molar refractivity (Wildman–Crippen MR) is 82.2 cm³/mol. The van der Waals surface area contributed by atoms with Crippen LogP contribution < -0.4 is 0 Å². The van der Waals surface area contributed by atoms with Crippen molar-refractivity contribution in [1.82, 2.24) is 0 Å². The van der Waals surface area contributed by atoms with Gasteiger partial charge in [0, 0.05) is 25.8 Å². The van der Waals surface area contributed by atoms with Gasteiger partial charge in [-0.1, -0.05) is 12.2 Å². The predicted octanol–water partition coefficient (Wildman–Crippen LogP) is 2.48. The summed E-state index contributed by atoms with van der Waals surface area (Å²) in [5, 5.41) is 0. The third kappa shape index (κ3) is 4.65. The number of carbonyl (C=O) groups is 2. The molecule has 2 rings (SSSR count). The van der Waals surface area contributed by atoms with E-state index in [1.807, 2.05) is 13.8 Å². The monoisotopic (exact) mass is 324 g/mol. The first-order valence-electron chi connectivity index (χ1n) is 7.74. The lowest BCUT2D eigenvalue weighted by Gasteiger charge is -2.23. The van der Waals surface area contributed by atoms with Gasteiger partial charge >= 0.3 is 11.9 Å². The van der Waals surface area contributed by atoms with Crippen LogP contribution in [-0.2, 0) is 28.5 Å². The molecule has 1 aliphatic heterocycles. The standard InChI is InChI=1S/C17H24O6/c1-10-6-7-13(15-9-20-17(4,5)23-15)14(10)8-16(21-11(2)18)22-12(3)19/h8,13,15-16H,1,6-7,9H2,2-5H3/b14-8+/t13-,15+/m0/s1. The zero-order valence-electron chi connectivity index (χ0n) is 14.1. The van der Waals surface area contributed by atoms with Gasteiger partial charge < -0.3 is 18.9 Å². The molecule has 1 aliphatic carbocycles. The molecule has 1 saturated heterocycles. The van der Waals surface area contributed by atoms with Crippen molar-refractivity contribution in [3.8, 4) is 0 Å². The second-order valence-corrected chi connectivity index (χ2v) is 6.33. The SMILES string of the molecule is C=C1CC[C@H]([C@H]2COC(C)(C)O2)/C1=C/C(OC(C)=O)OC(C)=O. The lowest BCUT2D eigenvalue weighted by molar-refractivity contribution is -0.176. The van der Waals surface area contributed by atoms with Crippen molar-refractivity contribution < 1.29 is 28.5 Å². The van der Waals surface area contributed by atoms with E-state index in [-0.39, 0.29) is 12.0 Å². The lowest BCUT2D eigenvalue weighted by Crippen LogP contribution is -2.27. The van der Waals surface area contributed by atoms with E-state index in [0.29, 0.717) is 6.61 Å². The first kappa shape index (κ1) is 17.7. The Hall–Kier alpha value is -1.66. The topological polar surface area (TPSA) is 71.1 Å². The molecule has 1 saturated carbocycles. The summed E-state index contributed by atoms with van der Waals surface area (Å²) in [4.78, 5) is 22.4. The van der Waals surface area contributed by atoms with Crippen LogP contribution in [0.15, 0.2) is 23.8 Å². The Morgan fingerprint density at radius 3 is 2.39 bits per heavy atom. The molecule has 6 nitrogen and oxygen atoms in total. The van der Waals surface area contributed by atoms with E-state index in [2.05, 4.69) is 6.58 Å². The summed E-state index contributed by atoms with van der Waals surface area (Å²) < 4.78 is 21.7. The van der Waals surface area contributed by atoms with Crippen molar-refractivity contribution >= 4 is 11.9 Å². The van der Waals surface area contributed by atoms with Gasteiger partial charge in [-0.3, -0.25) is 9.59 Å². The molecular formula is C17H24O6. The van der Waals surface area contributed by atoms with Gasteiger partial charge in [0.25, 0.3) is 6.29 Å². The van der Waals surface area contributed by atoms with Crippen molar-refractivity contribution in [2.24, 2.45) is 5.92 Å². The fourth-order valence-corrected chi connectivity index (χ4v) is 3.00. The molecule has 0 unspecified atom stereocenters. The fraction of sp³-hybridized carbons (Fsp3) is 0.647. The van der Waals surface area contributed by atoms with Crippen LogP contribution in [0, 0.1) is 5.92 Å². The molecular weight excluding hydrogens is 300 g/mol. The second-order valence-electron chi connectivity index (χ2n) is 6.33. The van der Waals surface area contributed by atoms with E-state index >= 15 is 0 Å². The van der Waals surface area contributed by atoms with Crippen molar-refractivity contribution in [3.05, 3.63) is 23.8 Å². The molecule has 2 fully saturated rings. The van der Waals surface area contributed by atoms with Crippen molar-refractivity contribution in [2.75, 3.05) is 6.61 Å². The normalized spacial score (nSPS) is 28.4. The van der Waals surface area contributed by atoms with E-state index in [1.165, 1.54) is 13.8 Å². The summed E-state index contributed by atoms with van der Waals surface area (Å²) >= 11 is 0. The second kappa shape index (κ2) is 6.84. The summed E-state index contributed by atoms with van der Waals surface area (Å²) in [6, 6.07) is 0. The van der Waals surface area contributed by atoms with Gasteiger partial charge in [-0.15, -0.1) is 0 Å². The molecule has 0 radical (unpaired) electrons. The number of ether oxygens (including phenoxy) is 4. The molecule has 2 aliphatic rings. The molecule has 6 heteroatoms. The van der Waals surface area contributed by atoms with Crippen LogP contribution >= 0.6 is 0 Å². The molecule has 0 amide bonds. The largest absolute Gasteiger partial charge is 0.421 e. The van der Waals surface area contributed by atoms with Gasteiger partial charge in [0.2, 0.25) is 0 Å². The first-order valence-corrected chi connectivity index (χ1v) is 7.74. The maximum Gasteiger partial charge on any atom is 0.305 e. The molecule has 2 atom stereocenters. The maximum atomic E-state index is 11.2. The van der Waals surface area contributed by atoms with Gasteiger partial charge in [0.05, 0.1) is 12.7 Å². The summed E-state index contributed by atoms with van der Waals surface area (Å²) in [6.07, 6.45) is 2.21. The lowest BCUT2D eigenvalue weighted by atomic mass is 9.95. The molecule has 23 heavy (non-hydrogen) atoms. The molecule has 0 aromatic carbocycles. The van der Waals surface area contributed by atoms with Crippen molar-refractivity contribution in [2.45, 2.75) is 58.7 Å². The molecule has 0 N–H and O–H groups in total. The zero-order chi connectivity index (χ0) is 17.2. The van der Waals surface area contributed by atoms with Gasteiger partial charge in [0.15, 0.2) is 5.79 Å². The minimum atomic E-state index is -1.05. The van der Waals surface area contributed by atoms with Crippen LogP contribution in [-0.4, -0.2) is 36.7 Å². The quantitative estimate of drug-likeness (QED) is 0.584. The third-order valence-electron chi connectivity index (χ3n) is 3.92. The van der Waals surface area contributed by atoms with Gasteiger partial charge in [-0.05, 0) is 32.3 Å².